The summed E-state index contributed by atoms with van der Waals surface area (Å²) < 4.78 is 11.8. The molecule has 0 radical (unpaired) electrons. The summed E-state index contributed by atoms with van der Waals surface area (Å²) >= 11 is 0. The Labute approximate surface area is 95.6 Å². The van der Waals surface area contributed by atoms with Gasteiger partial charge in [-0.05, 0) is 6.92 Å². The van der Waals surface area contributed by atoms with Crippen LogP contribution in [0.3, 0.4) is 0 Å². The van der Waals surface area contributed by atoms with E-state index in [0.29, 0.717) is 12.2 Å². The molecule has 0 aliphatic carbocycles. The molecule has 92 valence electrons. The number of aryl methyl sites for hydroxylation is 1. The van der Waals surface area contributed by atoms with E-state index in [9.17, 15) is 14.7 Å². The monoisotopic (exact) mass is 240 g/mol. The molecule has 2 saturated heterocycles. The lowest BCUT2D eigenvalue weighted by atomic mass is 10.1. The number of rotatable bonds is 1. The van der Waals surface area contributed by atoms with Crippen molar-refractivity contribution in [3.8, 4) is 0 Å². The lowest BCUT2D eigenvalue weighted by Crippen LogP contribution is -2.47. The van der Waals surface area contributed by atoms with Crippen molar-refractivity contribution in [2.75, 3.05) is 6.61 Å². The maximum atomic E-state index is 11.6. The van der Waals surface area contributed by atoms with Crippen LogP contribution in [0.15, 0.2) is 15.8 Å². The summed E-state index contributed by atoms with van der Waals surface area (Å²) in [5.41, 5.74) is -0.635. The molecule has 0 saturated carbocycles. The molecule has 0 amide bonds. The zero-order valence-electron chi connectivity index (χ0n) is 9.12. The van der Waals surface area contributed by atoms with Gasteiger partial charge in [-0.25, -0.2) is 4.79 Å². The average Bonchev–Trinajstić information content (AvgIpc) is 2.44. The second-order valence-electron chi connectivity index (χ2n) is 4.33. The number of hydrogen-bond acceptors (Lipinski definition) is 5. The van der Waals surface area contributed by atoms with Crippen LogP contribution in [0.2, 0.25) is 0 Å². The van der Waals surface area contributed by atoms with E-state index in [1.807, 2.05) is 0 Å². The predicted molar refractivity (Wildman–Crippen MR) is 55.7 cm³/mol. The van der Waals surface area contributed by atoms with Gasteiger partial charge in [-0.2, -0.15) is 0 Å². The molecule has 3 heterocycles. The lowest BCUT2D eigenvalue weighted by molar-refractivity contribution is -0.156. The van der Waals surface area contributed by atoms with Gasteiger partial charge in [0, 0.05) is 11.8 Å². The summed E-state index contributed by atoms with van der Waals surface area (Å²) in [7, 11) is 0. The van der Waals surface area contributed by atoms with E-state index in [4.69, 9.17) is 9.47 Å². The van der Waals surface area contributed by atoms with Crippen LogP contribution in [0.4, 0.5) is 0 Å². The number of aliphatic hydroxyl groups is 1. The van der Waals surface area contributed by atoms with E-state index in [1.165, 1.54) is 10.8 Å². The Balaban J connectivity index is 2.02. The first-order valence-electron chi connectivity index (χ1n) is 5.35. The Morgan fingerprint density at radius 2 is 2.29 bits per heavy atom. The first kappa shape index (κ1) is 10.7. The van der Waals surface area contributed by atoms with Gasteiger partial charge in [0.25, 0.3) is 5.56 Å². The van der Waals surface area contributed by atoms with E-state index in [0.717, 1.165) is 0 Å². The highest BCUT2D eigenvalue weighted by Gasteiger charge is 2.51. The fraction of sp³-hybridized carbons (Fsp3) is 0.600. The molecule has 7 nitrogen and oxygen atoms in total. The van der Waals surface area contributed by atoms with E-state index < -0.39 is 23.6 Å². The highest BCUT2D eigenvalue weighted by molar-refractivity contribution is 5.04. The molecule has 17 heavy (non-hydrogen) atoms. The van der Waals surface area contributed by atoms with Crippen LogP contribution >= 0.6 is 0 Å². The molecule has 2 aliphatic rings. The molecule has 0 spiro atoms. The largest absolute Gasteiger partial charge is 0.386 e. The van der Waals surface area contributed by atoms with Gasteiger partial charge in [0.1, 0.15) is 18.3 Å². The van der Waals surface area contributed by atoms with E-state index in [2.05, 4.69) is 4.98 Å². The van der Waals surface area contributed by atoms with Crippen molar-refractivity contribution in [2.45, 2.75) is 31.5 Å². The smallest absolute Gasteiger partial charge is 0.330 e. The molecule has 2 aliphatic heterocycles. The topological polar surface area (TPSA) is 93.6 Å². The first-order valence-corrected chi connectivity index (χ1v) is 5.35. The van der Waals surface area contributed by atoms with Gasteiger partial charge in [-0.1, -0.05) is 0 Å². The molecule has 1 aromatic rings. The number of hydrogen-bond donors (Lipinski definition) is 2. The minimum atomic E-state index is -0.892. The summed E-state index contributed by atoms with van der Waals surface area (Å²) in [6.45, 7) is 2.01. The van der Waals surface area contributed by atoms with Gasteiger partial charge in [-0.3, -0.25) is 14.3 Å². The number of aliphatic hydroxyl groups excluding tert-OH is 1. The molecular formula is C10H12N2O5. The SMILES string of the molecule is Cc1cn([C@@H]2OC3CO[C@H]3[C@@H]2O)c(=O)[nH]c1=O. The molecular weight excluding hydrogens is 228 g/mol. The first-order chi connectivity index (χ1) is 8.08. The number of ether oxygens (including phenoxy) is 2. The Morgan fingerprint density at radius 3 is 2.82 bits per heavy atom. The van der Waals surface area contributed by atoms with E-state index in [1.54, 1.807) is 6.92 Å². The van der Waals surface area contributed by atoms with Crippen LogP contribution in [0.5, 0.6) is 0 Å². The standard InChI is InChI=1S/C10H12N2O5/c1-4-2-12(10(15)11-8(4)14)9-6(13)7-5(17-9)3-16-7/h2,5-7,9,13H,3H2,1H3,(H,11,14,15)/t5?,6-,7+,9+/m0/s1. The molecule has 2 N–H and O–H groups in total. The van der Waals surface area contributed by atoms with Crippen LogP contribution in [-0.4, -0.2) is 39.6 Å². The van der Waals surface area contributed by atoms with Gasteiger partial charge in [0.05, 0.1) is 6.61 Å². The van der Waals surface area contributed by atoms with Crippen molar-refractivity contribution in [3.63, 3.8) is 0 Å². The Bertz CT molecular complexity index is 563. The van der Waals surface area contributed by atoms with Crippen molar-refractivity contribution in [3.05, 3.63) is 32.6 Å². The van der Waals surface area contributed by atoms with E-state index in [-0.39, 0.29) is 12.2 Å². The third-order valence-electron chi connectivity index (χ3n) is 3.18. The molecule has 7 heteroatoms. The van der Waals surface area contributed by atoms with Crippen molar-refractivity contribution in [1.29, 1.82) is 0 Å². The molecule has 0 bridgehead atoms. The fourth-order valence-corrected chi connectivity index (χ4v) is 2.15. The van der Waals surface area contributed by atoms with Crippen LogP contribution in [0.1, 0.15) is 11.8 Å². The van der Waals surface area contributed by atoms with Gasteiger partial charge in [0.15, 0.2) is 6.23 Å². The van der Waals surface area contributed by atoms with E-state index >= 15 is 0 Å². The van der Waals surface area contributed by atoms with Gasteiger partial charge in [-0.15, -0.1) is 0 Å². The highest BCUT2D eigenvalue weighted by atomic mass is 16.6. The summed E-state index contributed by atoms with van der Waals surface area (Å²) in [5, 5.41) is 9.92. The Hall–Kier alpha value is -1.44. The van der Waals surface area contributed by atoms with Gasteiger partial charge < -0.3 is 14.6 Å². The molecule has 1 unspecified atom stereocenters. The zero-order chi connectivity index (χ0) is 12.2. The normalized spacial score (nSPS) is 35.4. The number of nitrogens with one attached hydrogen (secondary N) is 1. The maximum absolute atomic E-state index is 11.6. The van der Waals surface area contributed by atoms with Crippen molar-refractivity contribution in [1.82, 2.24) is 9.55 Å². The summed E-state index contributed by atoms with van der Waals surface area (Å²) in [6, 6.07) is 0. The summed E-state index contributed by atoms with van der Waals surface area (Å²) in [4.78, 5) is 25.0. The van der Waals surface area contributed by atoms with Crippen LogP contribution in [0, 0.1) is 6.92 Å². The van der Waals surface area contributed by atoms with Crippen LogP contribution in [0.25, 0.3) is 0 Å². The molecule has 2 fully saturated rings. The van der Waals surface area contributed by atoms with Crippen molar-refractivity contribution < 1.29 is 14.6 Å². The fourth-order valence-electron chi connectivity index (χ4n) is 2.15. The highest BCUT2D eigenvalue weighted by Crippen LogP contribution is 2.36. The number of nitrogens with zero attached hydrogens (tertiary/aromatic N) is 1. The second-order valence-corrected chi connectivity index (χ2v) is 4.33. The van der Waals surface area contributed by atoms with Gasteiger partial charge in [0.2, 0.25) is 0 Å². The minimum Gasteiger partial charge on any atom is -0.386 e. The third kappa shape index (κ3) is 1.47. The van der Waals surface area contributed by atoms with Crippen LogP contribution in [-0.2, 0) is 9.47 Å². The van der Waals surface area contributed by atoms with Crippen molar-refractivity contribution >= 4 is 0 Å². The van der Waals surface area contributed by atoms with Gasteiger partial charge >= 0.3 is 5.69 Å². The molecule has 3 rings (SSSR count). The average molecular weight is 240 g/mol. The number of aromatic amines is 1. The predicted octanol–water partition coefficient (Wildman–Crippen LogP) is -1.50. The Morgan fingerprint density at radius 1 is 1.53 bits per heavy atom. The Kier molecular flexibility index (Phi) is 2.22. The summed E-state index contributed by atoms with van der Waals surface area (Å²) in [6.07, 6.45) is -0.847. The maximum Gasteiger partial charge on any atom is 0.330 e. The molecule has 1 aromatic heterocycles. The number of aromatic nitrogens is 2. The lowest BCUT2D eigenvalue weighted by Gasteiger charge is -2.29. The zero-order valence-corrected chi connectivity index (χ0v) is 9.12. The third-order valence-corrected chi connectivity index (χ3v) is 3.18. The second kappa shape index (κ2) is 3.52. The van der Waals surface area contributed by atoms with Crippen molar-refractivity contribution in [2.24, 2.45) is 0 Å². The minimum absolute atomic E-state index is 0.172. The quantitative estimate of drug-likeness (QED) is 0.623. The number of H-pyrrole nitrogens is 1. The molecule has 0 aromatic carbocycles. The van der Waals surface area contributed by atoms with Crippen LogP contribution < -0.4 is 11.2 Å². The number of fused-ring (bicyclic) bond motifs is 1. The summed E-state index contributed by atoms with van der Waals surface area (Å²) in [5.74, 6) is 0. The molecule has 4 atom stereocenters.